The van der Waals surface area contributed by atoms with Crippen LogP contribution in [0.3, 0.4) is 0 Å². The number of nitrogens with one attached hydrogen (secondary N) is 1. The number of aromatic nitrogens is 1. The summed E-state index contributed by atoms with van der Waals surface area (Å²) in [6.07, 6.45) is 8.63. The SMILES string of the molecule is CCCC[C@]1(CCC(=O)OC)CCCN2CCc3c([nH]c4ccccc34)[C@H]21. The number of piperidine rings is 1. The highest BCUT2D eigenvalue weighted by molar-refractivity contribution is 5.85. The van der Waals surface area contributed by atoms with E-state index in [0.717, 1.165) is 19.4 Å². The quantitative estimate of drug-likeness (QED) is 0.731. The van der Waals surface area contributed by atoms with Crippen molar-refractivity contribution >= 4 is 16.9 Å². The molecule has 146 valence electrons. The van der Waals surface area contributed by atoms with Crippen LogP contribution in [0.1, 0.15) is 69.2 Å². The Bertz CT molecular complexity index is 812. The van der Waals surface area contributed by atoms with Crippen molar-refractivity contribution in [2.24, 2.45) is 5.41 Å². The zero-order valence-electron chi connectivity index (χ0n) is 16.7. The molecule has 4 rings (SSSR count). The number of fused-ring (bicyclic) bond motifs is 5. The molecule has 0 aliphatic carbocycles. The van der Waals surface area contributed by atoms with Crippen molar-refractivity contribution in [2.45, 2.75) is 64.3 Å². The first-order valence-electron chi connectivity index (χ1n) is 10.6. The smallest absolute Gasteiger partial charge is 0.305 e. The van der Waals surface area contributed by atoms with Crippen LogP contribution in [0.15, 0.2) is 24.3 Å². The number of H-pyrrole nitrogens is 1. The van der Waals surface area contributed by atoms with E-state index in [1.54, 1.807) is 0 Å². The monoisotopic (exact) mass is 368 g/mol. The van der Waals surface area contributed by atoms with Gasteiger partial charge in [0.1, 0.15) is 0 Å². The number of para-hydroxylation sites is 1. The molecule has 1 aromatic carbocycles. The van der Waals surface area contributed by atoms with Crippen molar-refractivity contribution in [2.75, 3.05) is 20.2 Å². The van der Waals surface area contributed by atoms with Gasteiger partial charge in [-0.05, 0) is 55.7 Å². The van der Waals surface area contributed by atoms with Gasteiger partial charge in [-0.3, -0.25) is 9.69 Å². The van der Waals surface area contributed by atoms with E-state index in [1.807, 2.05) is 0 Å². The number of benzene rings is 1. The molecule has 1 aromatic heterocycles. The Morgan fingerprint density at radius 1 is 1.30 bits per heavy atom. The molecule has 2 atom stereocenters. The highest BCUT2D eigenvalue weighted by Gasteiger charge is 2.47. The molecule has 1 N–H and O–H groups in total. The lowest BCUT2D eigenvalue weighted by atomic mass is 9.64. The van der Waals surface area contributed by atoms with Crippen LogP contribution in [0.5, 0.6) is 0 Å². The lowest BCUT2D eigenvalue weighted by Gasteiger charge is -2.52. The van der Waals surface area contributed by atoms with Crippen LogP contribution in [0.4, 0.5) is 0 Å². The summed E-state index contributed by atoms with van der Waals surface area (Å²) >= 11 is 0. The molecule has 0 bridgehead atoms. The van der Waals surface area contributed by atoms with Crippen LogP contribution in [-0.2, 0) is 16.0 Å². The average molecular weight is 369 g/mol. The molecule has 3 heterocycles. The summed E-state index contributed by atoms with van der Waals surface area (Å²) in [5.41, 5.74) is 4.35. The van der Waals surface area contributed by atoms with Gasteiger partial charge < -0.3 is 9.72 Å². The average Bonchev–Trinajstić information content (AvgIpc) is 3.09. The molecule has 4 nitrogen and oxygen atoms in total. The number of esters is 1. The van der Waals surface area contributed by atoms with Crippen LogP contribution in [0.2, 0.25) is 0 Å². The third kappa shape index (κ3) is 3.29. The van der Waals surface area contributed by atoms with Crippen LogP contribution >= 0.6 is 0 Å². The van der Waals surface area contributed by atoms with Crippen molar-refractivity contribution in [1.29, 1.82) is 0 Å². The number of hydrogen-bond donors (Lipinski definition) is 1. The maximum atomic E-state index is 12.0. The maximum Gasteiger partial charge on any atom is 0.305 e. The van der Waals surface area contributed by atoms with Gasteiger partial charge in [0.25, 0.3) is 0 Å². The topological polar surface area (TPSA) is 45.3 Å². The molecule has 2 aliphatic heterocycles. The molecule has 2 aliphatic rings. The first-order chi connectivity index (χ1) is 13.2. The molecular weight excluding hydrogens is 336 g/mol. The summed E-state index contributed by atoms with van der Waals surface area (Å²) in [4.78, 5) is 18.5. The van der Waals surface area contributed by atoms with Crippen LogP contribution in [-0.4, -0.2) is 36.1 Å². The van der Waals surface area contributed by atoms with Gasteiger partial charge in [-0.15, -0.1) is 0 Å². The van der Waals surface area contributed by atoms with Crippen molar-refractivity contribution in [3.8, 4) is 0 Å². The fourth-order valence-electron chi connectivity index (χ4n) is 5.63. The van der Waals surface area contributed by atoms with Gasteiger partial charge >= 0.3 is 5.97 Å². The second kappa shape index (κ2) is 7.67. The number of unbranched alkanes of at least 4 members (excludes halogenated alkanes) is 1. The van der Waals surface area contributed by atoms with Gasteiger partial charge in [0.15, 0.2) is 0 Å². The number of ether oxygens (including phenoxy) is 1. The van der Waals surface area contributed by atoms with Gasteiger partial charge in [-0.2, -0.15) is 0 Å². The molecule has 0 spiro atoms. The Morgan fingerprint density at radius 2 is 2.15 bits per heavy atom. The molecule has 1 saturated heterocycles. The van der Waals surface area contributed by atoms with Crippen molar-refractivity contribution in [1.82, 2.24) is 9.88 Å². The minimum atomic E-state index is -0.0734. The summed E-state index contributed by atoms with van der Waals surface area (Å²) in [5.74, 6) is -0.0734. The summed E-state index contributed by atoms with van der Waals surface area (Å²) in [5, 5.41) is 1.38. The first-order valence-corrected chi connectivity index (χ1v) is 10.6. The molecule has 2 aromatic rings. The predicted octanol–water partition coefficient (Wildman–Crippen LogP) is 4.99. The van der Waals surface area contributed by atoms with Gasteiger partial charge in [-0.25, -0.2) is 0 Å². The minimum absolute atomic E-state index is 0.0734. The zero-order valence-corrected chi connectivity index (χ0v) is 16.7. The van der Waals surface area contributed by atoms with Crippen LogP contribution in [0, 0.1) is 5.41 Å². The Balaban J connectivity index is 1.76. The number of aromatic amines is 1. The molecule has 4 heteroatoms. The van der Waals surface area contributed by atoms with Crippen molar-refractivity contribution < 1.29 is 9.53 Å². The van der Waals surface area contributed by atoms with E-state index in [4.69, 9.17) is 4.74 Å². The standard InChI is InChI=1S/C23H32N2O2/c1-3-4-12-23(14-10-20(26)27-2)13-7-15-25-16-11-18-17-8-5-6-9-19(17)24-21(18)22(23)25/h5-6,8-9,22,24H,3-4,7,10-16H2,1-2H3/t22-,23+/m0/s1. The Labute approximate surface area is 162 Å². The summed E-state index contributed by atoms with van der Waals surface area (Å²) in [6, 6.07) is 9.11. The third-order valence-corrected chi connectivity index (χ3v) is 6.92. The van der Waals surface area contributed by atoms with E-state index in [2.05, 4.69) is 41.1 Å². The van der Waals surface area contributed by atoms with Crippen LogP contribution in [0.25, 0.3) is 10.9 Å². The van der Waals surface area contributed by atoms with E-state index in [1.165, 1.54) is 67.9 Å². The zero-order chi connectivity index (χ0) is 18.9. The number of carbonyl (C=O) groups excluding carboxylic acids is 1. The lowest BCUT2D eigenvalue weighted by Crippen LogP contribution is -2.49. The summed E-state index contributed by atoms with van der Waals surface area (Å²) in [7, 11) is 1.50. The normalized spacial score (nSPS) is 25.2. The van der Waals surface area contributed by atoms with E-state index in [0.29, 0.717) is 12.5 Å². The summed E-state index contributed by atoms with van der Waals surface area (Å²) < 4.78 is 4.98. The van der Waals surface area contributed by atoms with E-state index < -0.39 is 0 Å². The molecule has 0 radical (unpaired) electrons. The summed E-state index contributed by atoms with van der Waals surface area (Å²) in [6.45, 7) is 4.57. The molecular formula is C23H32N2O2. The van der Waals surface area contributed by atoms with Gasteiger partial charge in [0, 0.05) is 29.6 Å². The largest absolute Gasteiger partial charge is 0.469 e. The molecule has 0 saturated carbocycles. The number of methoxy groups -OCH3 is 1. The van der Waals surface area contributed by atoms with E-state index in [-0.39, 0.29) is 11.4 Å². The van der Waals surface area contributed by atoms with Gasteiger partial charge in [0.05, 0.1) is 13.2 Å². The fourth-order valence-corrected chi connectivity index (χ4v) is 5.63. The predicted molar refractivity (Wildman–Crippen MR) is 109 cm³/mol. The second-order valence-electron chi connectivity index (χ2n) is 8.40. The maximum absolute atomic E-state index is 12.0. The number of hydrogen-bond acceptors (Lipinski definition) is 3. The number of rotatable bonds is 6. The van der Waals surface area contributed by atoms with Crippen molar-refractivity contribution in [3.05, 3.63) is 35.5 Å². The minimum Gasteiger partial charge on any atom is -0.469 e. The highest BCUT2D eigenvalue weighted by atomic mass is 16.5. The lowest BCUT2D eigenvalue weighted by molar-refractivity contribution is -0.142. The van der Waals surface area contributed by atoms with Gasteiger partial charge in [-0.1, -0.05) is 38.0 Å². The first kappa shape index (κ1) is 18.5. The van der Waals surface area contributed by atoms with Crippen LogP contribution < -0.4 is 0 Å². The van der Waals surface area contributed by atoms with E-state index in [9.17, 15) is 4.79 Å². The van der Waals surface area contributed by atoms with Crippen molar-refractivity contribution in [3.63, 3.8) is 0 Å². The molecule has 0 unspecified atom stereocenters. The Kier molecular flexibility index (Phi) is 5.27. The second-order valence-corrected chi connectivity index (χ2v) is 8.40. The fraction of sp³-hybridized carbons (Fsp3) is 0.609. The highest BCUT2D eigenvalue weighted by Crippen LogP contribution is 2.54. The van der Waals surface area contributed by atoms with Gasteiger partial charge in [0.2, 0.25) is 0 Å². The third-order valence-electron chi connectivity index (χ3n) is 6.92. The van der Waals surface area contributed by atoms with E-state index >= 15 is 0 Å². The Hall–Kier alpha value is -1.81. The molecule has 1 fully saturated rings. The molecule has 0 amide bonds. The number of carbonyl (C=O) groups is 1. The number of nitrogens with zero attached hydrogens (tertiary/aromatic N) is 1. The molecule has 27 heavy (non-hydrogen) atoms. The Morgan fingerprint density at radius 3 is 2.96 bits per heavy atom.